The van der Waals surface area contributed by atoms with Crippen molar-refractivity contribution in [3.05, 3.63) is 0 Å². The second-order valence-electron chi connectivity index (χ2n) is 6.23. The van der Waals surface area contributed by atoms with E-state index in [0.29, 0.717) is 6.42 Å². The Balaban J connectivity index is 4.95. The molecule has 0 aliphatic rings. The van der Waals surface area contributed by atoms with Crippen LogP contribution in [0.3, 0.4) is 0 Å². The minimum absolute atomic E-state index is 0.285. The zero-order valence-corrected chi connectivity index (χ0v) is 17.9. The fraction of sp³-hybridized carbons (Fsp3) is 0.812. The predicted molar refractivity (Wildman–Crippen MR) is 97.1 cm³/mol. The van der Waals surface area contributed by atoms with Crippen molar-refractivity contribution in [2.75, 3.05) is 0 Å². The lowest BCUT2D eigenvalue weighted by molar-refractivity contribution is -0.147. The van der Waals surface area contributed by atoms with E-state index in [-0.39, 0.29) is 6.04 Å². The minimum Gasteiger partial charge on any atom is -0.455 e. The molecule has 0 aliphatic heterocycles. The van der Waals surface area contributed by atoms with E-state index in [1.165, 1.54) is 44.9 Å². The summed E-state index contributed by atoms with van der Waals surface area (Å²) in [5.41, 5.74) is 0. The average molecular weight is 377 g/mol. The lowest BCUT2D eigenvalue weighted by Crippen LogP contribution is -2.49. The summed E-state index contributed by atoms with van der Waals surface area (Å²) >= 11 is 0. The van der Waals surface area contributed by atoms with Gasteiger partial charge in [-0.2, -0.15) is 0 Å². The largest absolute Gasteiger partial charge is 0.705 e. The summed E-state index contributed by atoms with van der Waals surface area (Å²) in [4.78, 5) is 34.2. The molecular weight excluding hydrogens is 344 g/mol. The third-order valence-corrected chi connectivity index (χ3v) is 13.3. The van der Waals surface area contributed by atoms with Crippen LogP contribution < -0.4 is 0 Å². The minimum atomic E-state index is -3.64. The van der Waals surface area contributed by atoms with Crippen LogP contribution in [0.4, 0.5) is 0 Å². The van der Waals surface area contributed by atoms with E-state index in [1.54, 1.807) is 0 Å². The Morgan fingerprint density at radius 1 is 0.667 bits per heavy atom. The molecule has 0 aromatic carbocycles. The van der Waals surface area contributed by atoms with Crippen LogP contribution in [0.15, 0.2) is 0 Å². The molecule has 0 unspecified atom stereocenters. The van der Waals surface area contributed by atoms with Gasteiger partial charge in [0.2, 0.25) is 0 Å². The molecule has 140 valence electrons. The summed E-state index contributed by atoms with van der Waals surface area (Å²) in [6.45, 7) is 10.4. The van der Waals surface area contributed by atoms with Crippen molar-refractivity contribution in [2.24, 2.45) is 0 Å². The van der Waals surface area contributed by atoms with E-state index >= 15 is 0 Å². The molecule has 0 amide bonds. The molecule has 24 heavy (non-hydrogen) atoms. The molecule has 0 fully saturated rings. The Morgan fingerprint density at radius 3 is 1.29 bits per heavy atom. The van der Waals surface area contributed by atoms with Crippen molar-refractivity contribution in [1.82, 2.24) is 0 Å². The van der Waals surface area contributed by atoms with E-state index in [4.69, 9.17) is 13.3 Å². The van der Waals surface area contributed by atoms with E-state index in [2.05, 4.69) is 20.8 Å². The molecule has 0 saturated heterocycles. The fourth-order valence-electron chi connectivity index (χ4n) is 2.99. The second-order valence-corrected chi connectivity index (χ2v) is 14.3. The summed E-state index contributed by atoms with van der Waals surface area (Å²) in [5.74, 6) is -1.82. The van der Waals surface area contributed by atoms with Crippen LogP contribution in [-0.2, 0) is 27.7 Å². The molecule has 0 aromatic heterocycles. The molecule has 0 spiro atoms. The third kappa shape index (κ3) is 8.09. The number of hydrogen-bond acceptors (Lipinski definition) is 6. The van der Waals surface area contributed by atoms with Gasteiger partial charge in [0.1, 0.15) is 0 Å². The van der Waals surface area contributed by atoms with Gasteiger partial charge >= 0.3 is 8.80 Å². The van der Waals surface area contributed by atoms with Crippen LogP contribution in [0.25, 0.3) is 0 Å². The van der Waals surface area contributed by atoms with Gasteiger partial charge < -0.3 is 13.3 Å². The number of carbonyl (C=O) groups is 3. The van der Waals surface area contributed by atoms with Gasteiger partial charge in [-0.05, 0) is 6.42 Å². The first-order valence-corrected chi connectivity index (χ1v) is 13.5. The van der Waals surface area contributed by atoms with Crippen LogP contribution in [0.5, 0.6) is 0 Å². The first-order valence-electron chi connectivity index (χ1n) is 8.73. The number of hydrogen-bond donors (Lipinski definition) is 0. The molecule has 6 nitrogen and oxygen atoms in total. The van der Waals surface area contributed by atoms with Crippen LogP contribution in [-0.4, -0.2) is 34.8 Å². The summed E-state index contributed by atoms with van der Waals surface area (Å²) in [6, 6.07) is 5.22. The first kappa shape index (κ1) is 22.8. The number of unbranched alkanes of at least 4 members (excludes halogenated alkanes) is 1. The third-order valence-electron chi connectivity index (χ3n) is 4.59. The van der Waals surface area contributed by atoms with Crippen LogP contribution in [0, 0.1) is 0 Å². The van der Waals surface area contributed by atoms with Crippen molar-refractivity contribution in [1.29, 1.82) is 0 Å². The van der Waals surface area contributed by atoms with Crippen molar-refractivity contribution >= 4 is 34.8 Å². The van der Waals surface area contributed by atoms with Gasteiger partial charge in [-0.1, -0.05) is 51.4 Å². The first-order chi connectivity index (χ1) is 11.1. The molecule has 0 atom stereocenters. The topological polar surface area (TPSA) is 78.9 Å². The lowest BCUT2D eigenvalue weighted by Gasteiger charge is -2.29. The molecule has 0 radical (unpaired) electrons. The van der Waals surface area contributed by atoms with E-state index in [9.17, 15) is 14.4 Å². The van der Waals surface area contributed by atoms with Gasteiger partial charge in [0.25, 0.3) is 17.9 Å². The van der Waals surface area contributed by atoms with Gasteiger partial charge in [0.05, 0.1) is 14.1 Å². The zero-order valence-electron chi connectivity index (χ0n) is 15.9. The summed E-state index contributed by atoms with van der Waals surface area (Å²) in [7, 11) is -4.86. The second kappa shape index (κ2) is 10.7. The van der Waals surface area contributed by atoms with Crippen LogP contribution in [0.1, 0.15) is 54.4 Å². The lowest BCUT2D eigenvalue weighted by atomic mass is 10.4. The van der Waals surface area contributed by atoms with Crippen molar-refractivity contribution in [3.63, 3.8) is 0 Å². The van der Waals surface area contributed by atoms with Gasteiger partial charge in [0.15, 0.2) is 0 Å². The van der Waals surface area contributed by atoms with Gasteiger partial charge in [-0.25, -0.2) is 0 Å². The predicted octanol–water partition coefficient (Wildman–Crippen LogP) is 3.90. The maximum Gasteiger partial charge on any atom is 0.705 e. The summed E-state index contributed by atoms with van der Waals surface area (Å²) < 4.78 is 15.6. The number of rotatable bonds is 11. The average Bonchev–Trinajstić information content (AvgIpc) is 2.46. The monoisotopic (exact) mass is 376 g/mol. The smallest absolute Gasteiger partial charge is 0.455 e. The molecule has 0 bridgehead atoms. The highest BCUT2D eigenvalue weighted by atomic mass is 28.4. The SMILES string of the molecule is CC[Si](CC)(CC)CCCC[Si](OC(C)=O)(OC(C)=O)OC(C)=O. The van der Waals surface area contributed by atoms with Crippen molar-refractivity contribution in [3.8, 4) is 0 Å². The standard InChI is InChI=1S/C16H32O6Si2/c1-7-23(8-2,9-3)12-10-11-13-24(20-14(4)17,21-15(5)18)22-16(6)19/h7-13H2,1-6H3. The highest BCUT2D eigenvalue weighted by Gasteiger charge is 2.51. The van der Waals surface area contributed by atoms with E-state index in [0.717, 1.165) is 6.42 Å². The van der Waals surface area contributed by atoms with Gasteiger partial charge in [0, 0.05) is 20.8 Å². The fourth-order valence-corrected chi connectivity index (χ4v) is 8.98. The molecule has 0 aromatic rings. The summed E-state index contributed by atoms with van der Waals surface area (Å²) in [6.07, 6.45) is 1.66. The Morgan fingerprint density at radius 2 is 1.00 bits per heavy atom. The Kier molecular flexibility index (Phi) is 10.1. The number of carbonyl (C=O) groups excluding carboxylic acids is 3. The Bertz CT molecular complexity index is 385. The molecule has 0 aliphatic carbocycles. The molecule has 0 saturated carbocycles. The molecule has 0 N–H and O–H groups in total. The Labute approximate surface area is 147 Å². The molecular formula is C16H32O6Si2. The van der Waals surface area contributed by atoms with Gasteiger partial charge in [-0.3, -0.25) is 14.4 Å². The van der Waals surface area contributed by atoms with Crippen molar-refractivity contribution in [2.45, 2.75) is 84.6 Å². The highest BCUT2D eigenvalue weighted by molar-refractivity contribution is 6.79. The maximum atomic E-state index is 11.4. The summed E-state index contributed by atoms with van der Waals surface area (Å²) in [5, 5.41) is 0. The molecule has 0 heterocycles. The quantitative estimate of drug-likeness (QED) is 0.402. The maximum absolute atomic E-state index is 11.4. The zero-order chi connectivity index (χ0) is 18.8. The normalized spacial score (nSPS) is 11.8. The van der Waals surface area contributed by atoms with Gasteiger partial charge in [-0.15, -0.1) is 0 Å². The molecule has 8 heteroatoms. The van der Waals surface area contributed by atoms with Crippen molar-refractivity contribution < 1.29 is 27.7 Å². The van der Waals surface area contributed by atoms with E-state index < -0.39 is 34.8 Å². The van der Waals surface area contributed by atoms with Crippen LogP contribution >= 0.6 is 0 Å². The van der Waals surface area contributed by atoms with Crippen LogP contribution in [0.2, 0.25) is 30.2 Å². The highest BCUT2D eigenvalue weighted by Crippen LogP contribution is 2.29. The molecule has 0 rings (SSSR count). The van der Waals surface area contributed by atoms with E-state index in [1.807, 2.05) is 0 Å². The Hall–Kier alpha value is -1.16.